The second kappa shape index (κ2) is 7.99. The van der Waals surface area contributed by atoms with Gasteiger partial charge < -0.3 is 14.7 Å². The van der Waals surface area contributed by atoms with Crippen molar-refractivity contribution in [2.75, 3.05) is 19.7 Å². The lowest BCUT2D eigenvalue weighted by Crippen LogP contribution is -2.43. The van der Waals surface area contributed by atoms with Gasteiger partial charge in [-0.1, -0.05) is 18.2 Å². The maximum absolute atomic E-state index is 13.2. The number of nitrogens with zero attached hydrogens (tertiary/aromatic N) is 3. The van der Waals surface area contributed by atoms with E-state index in [4.69, 9.17) is 9.84 Å². The predicted octanol–water partition coefficient (Wildman–Crippen LogP) is 2.89. The first-order valence-electron chi connectivity index (χ1n) is 10.2. The number of hydrogen-bond acceptors (Lipinski definition) is 4. The molecule has 2 fully saturated rings. The van der Waals surface area contributed by atoms with Gasteiger partial charge in [0, 0.05) is 31.0 Å². The van der Waals surface area contributed by atoms with Crippen LogP contribution in [0.1, 0.15) is 42.3 Å². The lowest BCUT2D eigenvalue weighted by Gasteiger charge is -2.33. The van der Waals surface area contributed by atoms with Gasteiger partial charge in [-0.2, -0.15) is 5.10 Å². The third-order valence-corrected chi connectivity index (χ3v) is 6.20. The first-order chi connectivity index (χ1) is 14.0. The molecule has 2 atom stereocenters. The van der Waals surface area contributed by atoms with Gasteiger partial charge in [0.05, 0.1) is 29.3 Å². The molecule has 3 heterocycles. The highest BCUT2D eigenvalue weighted by atomic mass is 16.5. The van der Waals surface area contributed by atoms with Crippen molar-refractivity contribution in [2.24, 2.45) is 11.8 Å². The summed E-state index contributed by atoms with van der Waals surface area (Å²) in [5, 5.41) is 13.9. The van der Waals surface area contributed by atoms with Crippen LogP contribution in [0.4, 0.5) is 0 Å². The lowest BCUT2D eigenvalue weighted by molar-refractivity contribution is -0.147. The van der Waals surface area contributed by atoms with Crippen LogP contribution in [0.5, 0.6) is 0 Å². The molecule has 7 heteroatoms. The number of amides is 1. The number of rotatable bonds is 4. The van der Waals surface area contributed by atoms with E-state index in [-0.39, 0.29) is 23.8 Å². The Bertz CT molecular complexity index is 900. The van der Waals surface area contributed by atoms with Gasteiger partial charge in [0.15, 0.2) is 0 Å². The number of piperidine rings is 1. The monoisotopic (exact) mass is 397 g/mol. The molecular formula is C22H27N3O4. The molecule has 0 saturated carbocycles. The average molecular weight is 397 g/mol. The molecule has 0 bridgehead atoms. The predicted molar refractivity (Wildman–Crippen MR) is 107 cm³/mol. The van der Waals surface area contributed by atoms with Gasteiger partial charge in [0.25, 0.3) is 0 Å². The normalized spacial score (nSPS) is 22.8. The molecule has 2 aliphatic heterocycles. The zero-order valence-corrected chi connectivity index (χ0v) is 16.9. The van der Waals surface area contributed by atoms with Crippen LogP contribution in [0.2, 0.25) is 0 Å². The van der Waals surface area contributed by atoms with Crippen molar-refractivity contribution in [2.45, 2.75) is 39.2 Å². The van der Waals surface area contributed by atoms with Gasteiger partial charge in [-0.25, -0.2) is 4.68 Å². The van der Waals surface area contributed by atoms with Crippen molar-refractivity contribution in [3.05, 3.63) is 47.3 Å². The van der Waals surface area contributed by atoms with Crippen LogP contribution in [0.25, 0.3) is 5.69 Å². The number of carboxylic acid groups (broad SMARTS) is 1. The van der Waals surface area contributed by atoms with E-state index in [0.717, 1.165) is 22.6 Å². The van der Waals surface area contributed by atoms with Gasteiger partial charge >= 0.3 is 5.97 Å². The molecule has 154 valence electrons. The fourth-order valence-electron chi connectivity index (χ4n) is 4.60. The summed E-state index contributed by atoms with van der Waals surface area (Å²) in [5.74, 6) is -1.29. The second-order valence-electron chi connectivity index (χ2n) is 7.96. The molecule has 0 unspecified atom stereocenters. The second-order valence-corrected chi connectivity index (χ2v) is 7.96. The Balaban J connectivity index is 1.56. The number of likely N-dealkylation sites (tertiary alicyclic amines) is 1. The molecule has 7 nitrogen and oxygen atoms in total. The van der Waals surface area contributed by atoms with E-state index in [1.54, 1.807) is 0 Å². The van der Waals surface area contributed by atoms with E-state index in [1.165, 1.54) is 0 Å². The van der Waals surface area contributed by atoms with Crippen molar-refractivity contribution >= 4 is 11.9 Å². The Morgan fingerprint density at radius 2 is 1.79 bits per heavy atom. The smallest absolute Gasteiger partial charge is 0.306 e. The Kier molecular flexibility index (Phi) is 5.41. The van der Waals surface area contributed by atoms with Gasteiger partial charge in [-0.15, -0.1) is 0 Å². The Hall–Kier alpha value is -2.67. The Morgan fingerprint density at radius 1 is 1.10 bits per heavy atom. The molecule has 29 heavy (non-hydrogen) atoms. The molecule has 1 N–H and O–H groups in total. The van der Waals surface area contributed by atoms with Crippen molar-refractivity contribution < 1.29 is 19.4 Å². The molecule has 0 radical (unpaired) electrons. The number of carboxylic acids is 1. The fourth-order valence-corrected chi connectivity index (χ4v) is 4.60. The molecule has 1 aromatic carbocycles. The highest BCUT2D eigenvalue weighted by molar-refractivity contribution is 5.80. The summed E-state index contributed by atoms with van der Waals surface area (Å²) in [5.41, 5.74) is 3.84. The van der Waals surface area contributed by atoms with E-state index in [1.807, 2.05) is 53.8 Å². The minimum absolute atomic E-state index is 0.0719. The zero-order chi connectivity index (χ0) is 20.5. The van der Waals surface area contributed by atoms with Gasteiger partial charge in [0.2, 0.25) is 5.91 Å². The number of aliphatic carboxylic acids is 1. The quantitative estimate of drug-likeness (QED) is 0.858. The zero-order valence-electron chi connectivity index (χ0n) is 16.9. The van der Waals surface area contributed by atoms with E-state index < -0.39 is 5.97 Å². The SMILES string of the molecule is Cc1nn(-c2ccccc2)c(C)c1[C@H]1OCC[C@@H]1C(=O)N1CCC(C(=O)O)CC1. The largest absolute Gasteiger partial charge is 0.481 e. The molecule has 4 rings (SSSR count). The maximum atomic E-state index is 13.2. The maximum Gasteiger partial charge on any atom is 0.306 e. The first kappa shape index (κ1) is 19.6. The number of aryl methyl sites for hydroxylation is 1. The van der Waals surface area contributed by atoms with Crippen molar-refractivity contribution in [3.63, 3.8) is 0 Å². The number of para-hydroxylation sites is 1. The van der Waals surface area contributed by atoms with E-state index in [2.05, 4.69) is 0 Å². The summed E-state index contributed by atoms with van der Waals surface area (Å²) < 4.78 is 7.95. The highest BCUT2D eigenvalue weighted by Gasteiger charge is 2.41. The average Bonchev–Trinajstić information content (AvgIpc) is 3.32. The molecular weight excluding hydrogens is 370 g/mol. The van der Waals surface area contributed by atoms with Crippen molar-refractivity contribution in [3.8, 4) is 5.69 Å². The summed E-state index contributed by atoms with van der Waals surface area (Å²) in [7, 11) is 0. The third kappa shape index (κ3) is 3.67. The van der Waals surface area contributed by atoms with Gasteiger partial charge in [-0.3, -0.25) is 9.59 Å². The minimum atomic E-state index is -0.765. The lowest BCUT2D eigenvalue weighted by atomic mass is 9.90. The molecule has 1 amide bonds. The Labute approximate surface area is 170 Å². The van der Waals surface area contributed by atoms with Crippen molar-refractivity contribution in [1.82, 2.24) is 14.7 Å². The molecule has 0 spiro atoms. The van der Waals surface area contributed by atoms with E-state index in [9.17, 15) is 14.7 Å². The molecule has 2 saturated heterocycles. The van der Waals surface area contributed by atoms with Crippen LogP contribution in [0.15, 0.2) is 30.3 Å². The van der Waals surface area contributed by atoms with Crippen LogP contribution in [0.3, 0.4) is 0 Å². The van der Waals surface area contributed by atoms with Crippen LogP contribution in [-0.2, 0) is 14.3 Å². The number of aromatic nitrogens is 2. The molecule has 0 aliphatic carbocycles. The minimum Gasteiger partial charge on any atom is -0.481 e. The summed E-state index contributed by atoms with van der Waals surface area (Å²) in [6.07, 6.45) is 1.40. The van der Waals surface area contributed by atoms with Crippen LogP contribution in [0, 0.1) is 25.7 Å². The number of hydrogen-bond donors (Lipinski definition) is 1. The summed E-state index contributed by atoms with van der Waals surface area (Å²) in [6.45, 7) is 5.52. The van der Waals surface area contributed by atoms with Crippen LogP contribution in [-0.4, -0.2) is 51.4 Å². The van der Waals surface area contributed by atoms with E-state index in [0.29, 0.717) is 39.0 Å². The summed E-state index contributed by atoms with van der Waals surface area (Å²) >= 11 is 0. The number of carbonyl (C=O) groups is 2. The van der Waals surface area contributed by atoms with Gasteiger partial charge in [0.1, 0.15) is 0 Å². The summed E-state index contributed by atoms with van der Waals surface area (Å²) in [4.78, 5) is 26.2. The standard InChI is InChI=1S/C22H27N3O4/c1-14-19(15(2)25(23-14)17-6-4-3-5-7-17)20-18(10-13-29-20)21(26)24-11-8-16(9-12-24)22(27)28/h3-7,16,18,20H,8-13H2,1-2H3,(H,27,28)/t18-,20-/m0/s1. The topological polar surface area (TPSA) is 84.7 Å². The first-order valence-corrected chi connectivity index (χ1v) is 10.2. The highest BCUT2D eigenvalue weighted by Crippen LogP contribution is 2.39. The van der Waals surface area contributed by atoms with Crippen LogP contribution >= 0.6 is 0 Å². The van der Waals surface area contributed by atoms with E-state index >= 15 is 0 Å². The van der Waals surface area contributed by atoms with Gasteiger partial charge in [-0.05, 0) is 45.2 Å². The number of carbonyl (C=O) groups excluding carboxylic acids is 1. The fraction of sp³-hybridized carbons (Fsp3) is 0.500. The molecule has 2 aliphatic rings. The molecule has 1 aromatic heterocycles. The molecule has 2 aromatic rings. The number of ether oxygens (including phenoxy) is 1. The Morgan fingerprint density at radius 3 is 2.45 bits per heavy atom. The summed E-state index contributed by atoms with van der Waals surface area (Å²) in [6, 6.07) is 9.94. The van der Waals surface area contributed by atoms with Crippen molar-refractivity contribution in [1.29, 1.82) is 0 Å². The number of benzene rings is 1. The third-order valence-electron chi connectivity index (χ3n) is 6.20. The van der Waals surface area contributed by atoms with Crippen LogP contribution < -0.4 is 0 Å².